The molecule has 2 rings (SSSR count). The van der Waals surface area contributed by atoms with Crippen LogP contribution in [-0.2, 0) is 11.2 Å². The molecule has 1 unspecified atom stereocenters. The minimum Gasteiger partial charge on any atom is -0.481 e. The monoisotopic (exact) mass is 209 g/mol. The quantitative estimate of drug-likeness (QED) is 0.811. The van der Waals surface area contributed by atoms with Gasteiger partial charge in [-0.3, -0.25) is 4.79 Å². The maximum atomic E-state index is 10.8. The Hall–Kier alpha value is -1.32. The van der Waals surface area contributed by atoms with Gasteiger partial charge in [0.15, 0.2) is 0 Å². The zero-order valence-electron chi connectivity index (χ0n) is 8.99. The Labute approximate surface area is 88.3 Å². The lowest BCUT2D eigenvalue weighted by Crippen LogP contribution is -2.29. The summed E-state index contributed by atoms with van der Waals surface area (Å²) in [5, 5.41) is 12.7. The predicted octanol–water partition coefficient (Wildman–Crippen LogP) is 2.21. The van der Waals surface area contributed by atoms with Crippen LogP contribution in [0.5, 0.6) is 0 Å². The Kier molecular flexibility index (Phi) is 2.29. The summed E-state index contributed by atoms with van der Waals surface area (Å²) in [5.41, 5.74) is 0.991. The fraction of sp³-hybridized carbons (Fsp3) is 0.636. The second-order valence-corrected chi connectivity index (χ2v) is 4.84. The Morgan fingerprint density at radius 1 is 1.73 bits per heavy atom. The molecule has 1 N–H and O–H groups in total. The fourth-order valence-electron chi connectivity index (χ4n) is 2.34. The van der Waals surface area contributed by atoms with Gasteiger partial charge in [-0.1, -0.05) is 19.0 Å². The van der Waals surface area contributed by atoms with Gasteiger partial charge in [0.1, 0.15) is 5.76 Å². The number of aliphatic carboxylic acids is 1. The van der Waals surface area contributed by atoms with Gasteiger partial charge in [-0.05, 0) is 11.8 Å². The fourth-order valence-corrected chi connectivity index (χ4v) is 2.34. The van der Waals surface area contributed by atoms with Crippen LogP contribution >= 0.6 is 0 Å². The smallest absolute Gasteiger partial charge is 0.303 e. The Bertz CT molecular complexity index is 381. The van der Waals surface area contributed by atoms with Gasteiger partial charge in [0, 0.05) is 17.9 Å². The van der Waals surface area contributed by atoms with Crippen LogP contribution in [0, 0.1) is 5.41 Å². The number of nitrogens with zero attached hydrogens (tertiary/aromatic N) is 1. The molecule has 82 valence electrons. The number of aryl methyl sites for hydroxylation is 1. The number of hydrogen-bond acceptors (Lipinski definition) is 3. The van der Waals surface area contributed by atoms with E-state index in [1.54, 1.807) is 6.20 Å². The first kappa shape index (κ1) is 10.2. The topological polar surface area (TPSA) is 63.3 Å². The molecule has 0 saturated carbocycles. The highest BCUT2D eigenvalue weighted by Gasteiger charge is 2.39. The van der Waals surface area contributed by atoms with E-state index in [4.69, 9.17) is 9.63 Å². The lowest BCUT2D eigenvalue weighted by molar-refractivity contribution is -0.138. The number of fused-ring (bicyclic) bond motifs is 1. The number of carboxylic acids is 1. The van der Waals surface area contributed by atoms with Crippen molar-refractivity contribution in [3.8, 4) is 0 Å². The third-order valence-corrected chi connectivity index (χ3v) is 3.37. The van der Waals surface area contributed by atoms with Gasteiger partial charge in [-0.2, -0.15) is 0 Å². The van der Waals surface area contributed by atoms with Crippen LogP contribution in [0.3, 0.4) is 0 Å². The number of aromatic nitrogens is 1. The molecule has 1 aliphatic carbocycles. The molecule has 0 aliphatic heterocycles. The van der Waals surface area contributed by atoms with Crippen molar-refractivity contribution in [3.63, 3.8) is 0 Å². The van der Waals surface area contributed by atoms with Crippen molar-refractivity contribution in [2.75, 3.05) is 0 Å². The molecule has 0 radical (unpaired) electrons. The van der Waals surface area contributed by atoms with Crippen LogP contribution in [0.4, 0.5) is 0 Å². The van der Waals surface area contributed by atoms with Crippen molar-refractivity contribution in [1.29, 1.82) is 0 Å². The van der Waals surface area contributed by atoms with Gasteiger partial charge in [0.25, 0.3) is 0 Å². The molecule has 1 aromatic rings. The maximum absolute atomic E-state index is 10.8. The minimum absolute atomic E-state index is 0.0109. The summed E-state index contributed by atoms with van der Waals surface area (Å²) >= 11 is 0. The molecular weight excluding hydrogens is 194 g/mol. The maximum Gasteiger partial charge on any atom is 0.303 e. The van der Waals surface area contributed by atoms with E-state index in [-0.39, 0.29) is 17.8 Å². The normalized spacial score (nSPS) is 23.5. The third kappa shape index (κ3) is 1.76. The average molecular weight is 209 g/mol. The highest BCUT2D eigenvalue weighted by Crippen LogP contribution is 2.46. The van der Waals surface area contributed by atoms with Gasteiger partial charge in [-0.25, -0.2) is 0 Å². The van der Waals surface area contributed by atoms with Crippen molar-refractivity contribution in [1.82, 2.24) is 5.16 Å². The zero-order chi connectivity index (χ0) is 11.1. The lowest BCUT2D eigenvalue weighted by Gasteiger charge is -2.36. The van der Waals surface area contributed by atoms with Crippen molar-refractivity contribution in [2.45, 2.75) is 39.0 Å². The van der Waals surface area contributed by atoms with E-state index in [2.05, 4.69) is 19.0 Å². The summed E-state index contributed by atoms with van der Waals surface area (Å²) in [6, 6.07) is 0. The SMILES string of the molecule is CC1(C)CCc2oncc2C1CC(=O)O. The number of hydrogen-bond donors (Lipinski definition) is 1. The summed E-state index contributed by atoms with van der Waals surface area (Å²) in [4.78, 5) is 10.8. The molecule has 1 aromatic heterocycles. The number of carbonyl (C=O) groups is 1. The molecule has 0 aromatic carbocycles. The van der Waals surface area contributed by atoms with Gasteiger partial charge in [-0.15, -0.1) is 0 Å². The van der Waals surface area contributed by atoms with Crippen molar-refractivity contribution < 1.29 is 14.4 Å². The van der Waals surface area contributed by atoms with Crippen LogP contribution in [0.25, 0.3) is 0 Å². The molecule has 1 aliphatic rings. The first-order chi connectivity index (χ1) is 7.00. The molecule has 15 heavy (non-hydrogen) atoms. The van der Waals surface area contributed by atoms with E-state index in [1.807, 2.05) is 0 Å². The van der Waals surface area contributed by atoms with Gasteiger partial charge < -0.3 is 9.63 Å². The van der Waals surface area contributed by atoms with E-state index >= 15 is 0 Å². The van der Waals surface area contributed by atoms with Crippen molar-refractivity contribution in [3.05, 3.63) is 17.5 Å². The summed E-state index contributed by atoms with van der Waals surface area (Å²) < 4.78 is 5.12. The molecule has 0 fully saturated rings. The van der Waals surface area contributed by atoms with Crippen LogP contribution in [-0.4, -0.2) is 16.2 Å². The van der Waals surface area contributed by atoms with Gasteiger partial charge >= 0.3 is 5.97 Å². The molecule has 0 amide bonds. The van der Waals surface area contributed by atoms with E-state index < -0.39 is 5.97 Å². The second kappa shape index (κ2) is 3.36. The highest BCUT2D eigenvalue weighted by molar-refractivity contribution is 5.68. The largest absolute Gasteiger partial charge is 0.481 e. The van der Waals surface area contributed by atoms with Gasteiger partial charge in [0.2, 0.25) is 0 Å². The molecule has 4 heteroatoms. The van der Waals surface area contributed by atoms with Crippen LogP contribution in [0.1, 0.15) is 43.9 Å². The van der Waals surface area contributed by atoms with Crippen LogP contribution < -0.4 is 0 Å². The molecular formula is C11H15NO3. The predicted molar refractivity (Wildman–Crippen MR) is 53.6 cm³/mol. The number of carboxylic acid groups (broad SMARTS) is 1. The molecule has 0 saturated heterocycles. The van der Waals surface area contributed by atoms with E-state index in [0.717, 1.165) is 24.2 Å². The number of rotatable bonds is 2. The zero-order valence-corrected chi connectivity index (χ0v) is 8.99. The Balaban J connectivity index is 2.35. The highest BCUT2D eigenvalue weighted by atomic mass is 16.5. The molecule has 1 heterocycles. The molecule has 1 atom stereocenters. The summed E-state index contributed by atoms with van der Waals surface area (Å²) in [5.74, 6) is 0.118. The average Bonchev–Trinajstić information content (AvgIpc) is 2.57. The van der Waals surface area contributed by atoms with E-state index in [1.165, 1.54) is 0 Å². The minimum atomic E-state index is -0.762. The molecule has 0 bridgehead atoms. The second-order valence-electron chi connectivity index (χ2n) is 4.84. The van der Waals surface area contributed by atoms with E-state index in [9.17, 15) is 4.79 Å². The summed E-state index contributed by atoms with van der Waals surface area (Å²) in [6.45, 7) is 4.22. The first-order valence-corrected chi connectivity index (χ1v) is 5.16. The Morgan fingerprint density at radius 3 is 3.13 bits per heavy atom. The summed E-state index contributed by atoms with van der Waals surface area (Å²) in [7, 11) is 0. The molecule has 4 nitrogen and oxygen atoms in total. The molecule has 0 spiro atoms. The van der Waals surface area contributed by atoms with Crippen molar-refractivity contribution in [2.24, 2.45) is 5.41 Å². The van der Waals surface area contributed by atoms with Crippen LogP contribution in [0.2, 0.25) is 0 Å². The lowest BCUT2D eigenvalue weighted by atomic mass is 9.67. The van der Waals surface area contributed by atoms with Crippen LogP contribution in [0.15, 0.2) is 10.7 Å². The third-order valence-electron chi connectivity index (χ3n) is 3.37. The van der Waals surface area contributed by atoms with E-state index in [0.29, 0.717) is 0 Å². The van der Waals surface area contributed by atoms with Gasteiger partial charge in [0.05, 0.1) is 12.6 Å². The Morgan fingerprint density at radius 2 is 2.47 bits per heavy atom. The van der Waals surface area contributed by atoms with Crippen molar-refractivity contribution >= 4 is 5.97 Å². The standard InChI is InChI=1S/C11H15NO3/c1-11(2)4-3-9-7(6-12-15-9)8(11)5-10(13)14/h6,8H,3-5H2,1-2H3,(H,13,14). The summed E-state index contributed by atoms with van der Waals surface area (Å²) in [6.07, 6.45) is 3.64. The first-order valence-electron chi connectivity index (χ1n) is 5.16.